The summed E-state index contributed by atoms with van der Waals surface area (Å²) in [5.74, 6) is 0.597. The minimum absolute atomic E-state index is 0.110. The van der Waals surface area contributed by atoms with Gasteiger partial charge < -0.3 is 25.1 Å². The Morgan fingerprint density at radius 3 is 2.42 bits per heavy atom. The fourth-order valence-electron chi connectivity index (χ4n) is 3.26. The highest BCUT2D eigenvalue weighted by Gasteiger charge is 2.49. The van der Waals surface area contributed by atoms with Crippen LogP contribution in [0.4, 0.5) is 0 Å². The number of carbonyl (C=O) groups is 2. The van der Waals surface area contributed by atoms with Crippen molar-refractivity contribution in [2.45, 2.75) is 49.8 Å². The molecule has 0 aliphatic carbocycles. The van der Waals surface area contributed by atoms with Gasteiger partial charge in [-0.3, -0.25) is 0 Å². The number of hydrogen-bond donors (Lipinski definition) is 3. The number of oxime groups is 1. The van der Waals surface area contributed by atoms with Crippen LogP contribution < -0.4 is 5.32 Å². The van der Waals surface area contributed by atoms with Gasteiger partial charge in [0.05, 0.1) is 6.42 Å². The van der Waals surface area contributed by atoms with E-state index < -0.39 is 11.9 Å². The van der Waals surface area contributed by atoms with Gasteiger partial charge in [0.25, 0.3) is 0 Å². The molecule has 2 saturated heterocycles. The Hall–Kier alpha value is -2.53. The molecule has 3 atom stereocenters. The van der Waals surface area contributed by atoms with Crippen molar-refractivity contribution in [3.63, 3.8) is 0 Å². The van der Waals surface area contributed by atoms with Crippen LogP contribution in [0.2, 0.25) is 0 Å². The second kappa shape index (κ2) is 7.84. The second-order valence-electron chi connectivity index (χ2n) is 5.98. The van der Waals surface area contributed by atoms with Gasteiger partial charge in [-0.05, 0) is 12.8 Å². The zero-order valence-electron chi connectivity index (χ0n) is 13.1. The summed E-state index contributed by atoms with van der Waals surface area (Å²) < 4.78 is 5.34. The predicted octanol–water partition coefficient (Wildman–Crippen LogP) is 0.735. The molecule has 0 aromatic heterocycles. The molecular formula is C16H20N2O6. The fourth-order valence-corrected chi connectivity index (χ4v) is 3.26. The fraction of sp³-hybridized carbons (Fsp3) is 0.562. The molecule has 8 nitrogen and oxygen atoms in total. The SMILES string of the molecule is C#CCOC1=NOC2(C1)C[C@H]1CC[C@@H](C2)N1.O=C(O)/C=C/C(=O)O. The van der Waals surface area contributed by atoms with Crippen molar-refractivity contribution in [2.75, 3.05) is 6.61 Å². The Morgan fingerprint density at radius 1 is 1.33 bits per heavy atom. The molecule has 3 aliphatic heterocycles. The Morgan fingerprint density at radius 2 is 1.92 bits per heavy atom. The summed E-state index contributed by atoms with van der Waals surface area (Å²) in [7, 11) is 0. The van der Waals surface area contributed by atoms with Gasteiger partial charge in [-0.1, -0.05) is 11.1 Å². The third-order valence-corrected chi connectivity index (χ3v) is 4.08. The van der Waals surface area contributed by atoms with Crippen LogP contribution in [0.15, 0.2) is 17.3 Å². The van der Waals surface area contributed by atoms with Crippen LogP contribution in [-0.4, -0.2) is 52.3 Å². The van der Waals surface area contributed by atoms with E-state index in [1.807, 2.05) is 0 Å². The Labute approximate surface area is 139 Å². The number of terminal acetylenes is 1. The maximum Gasteiger partial charge on any atom is 0.328 e. The highest BCUT2D eigenvalue weighted by atomic mass is 16.7. The molecule has 0 aromatic rings. The molecule has 2 fully saturated rings. The number of carboxylic acid groups (broad SMARTS) is 2. The number of rotatable bonds is 3. The first-order valence-corrected chi connectivity index (χ1v) is 7.64. The number of piperidine rings is 1. The van der Waals surface area contributed by atoms with Crippen LogP contribution in [0.3, 0.4) is 0 Å². The Kier molecular flexibility index (Phi) is 5.82. The number of hydrogen-bond acceptors (Lipinski definition) is 6. The molecule has 3 aliphatic rings. The molecule has 0 amide bonds. The van der Waals surface area contributed by atoms with E-state index in [-0.39, 0.29) is 12.2 Å². The molecule has 24 heavy (non-hydrogen) atoms. The first kappa shape index (κ1) is 17.8. The molecule has 8 heteroatoms. The van der Waals surface area contributed by atoms with E-state index in [0.717, 1.165) is 19.3 Å². The Bertz CT molecular complexity index is 564. The molecule has 1 unspecified atom stereocenters. The highest BCUT2D eigenvalue weighted by molar-refractivity contribution is 5.89. The van der Waals surface area contributed by atoms with Crippen molar-refractivity contribution >= 4 is 17.8 Å². The van der Waals surface area contributed by atoms with Gasteiger partial charge in [-0.25, -0.2) is 9.59 Å². The number of ether oxygens (including phenoxy) is 1. The number of nitrogens with one attached hydrogen (secondary N) is 1. The lowest BCUT2D eigenvalue weighted by atomic mass is 9.85. The quantitative estimate of drug-likeness (QED) is 0.514. The van der Waals surface area contributed by atoms with Crippen LogP contribution in [0.1, 0.15) is 32.1 Å². The minimum Gasteiger partial charge on any atom is -0.478 e. The van der Waals surface area contributed by atoms with E-state index in [2.05, 4.69) is 16.4 Å². The summed E-state index contributed by atoms with van der Waals surface area (Å²) in [6.07, 6.45) is 11.6. The van der Waals surface area contributed by atoms with Crippen molar-refractivity contribution in [2.24, 2.45) is 5.16 Å². The smallest absolute Gasteiger partial charge is 0.328 e. The van der Waals surface area contributed by atoms with E-state index in [0.29, 0.717) is 30.1 Å². The molecule has 3 heterocycles. The molecule has 130 valence electrons. The van der Waals surface area contributed by atoms with Gasteiger partial charge >= 0.3 is 11.9 Å². The average Bonchev–Trinajstić information content (AvgIpc) is 3.07. The molecule has 0 saturated carbocycles. The molecular weight excluding hydrogens is 316 g/mol. The molecule has 1 spiro atoms. The number of carboxylic acids is 2. The first-order valence-electron chi connectivity index (χ1n) is 7.64. The zero-order valence-corrected chi connectivity index (χ0v) is 13.1. The van der Waals surface area contributed by atoms with Crippen LogP contribution in [0.25, 0.3) is 0 Å². The van der Waals surface area contributed by atoms with Crippen LogP contribution in [0.5, 0.6) is 0 Å². The van der Waals surface area contributed by atoms with Crippen LogP contribution in [0, 0.1) is 12.3 Å². The van der Waals surface area contributed by atoms with Gasteiger partial charge in [0.2, 0.25) is 5.90 Å². The number of aliphatic carboxylic acids is 2. The van der Waals surface area contributed by atoms with Crippen molar-refractivity contribution in [3.05, 3.63) is 12.2 Å². The monoisotopic (exact) mass is 336 g/mol. The third-order valence-electron chi connectivity index (χ3n) is 4.08. The molecule has 0 aromatic carbocycles. The summed E-state index contributed by atoms with van der Waals surface area (Å²) in [6.45, 7) is 0.281. The van der Waals surface area contributed by atoms with Crippen molar-refractivity contribution < 1.29 is 29.4 Å². The van der Waals surface area contributed by atoms with Crippen molar-refractivity contribution in [1.29, 1.82) is 0 Å². The van der Waals surface area contributed by atoms with Gasteiger partial charge in [0, 0.05) is 37.1 Å². The van der Waals surface area contributed by atoms with E-state index in [9.17, 15) is 9.59 Å². The molecule has 0 radical (unpaired) electrons. The number of fused-ring (bicyclic) bond motifs is 2. The number of nitrogens with zero attached hydrogens (tertiary/aromatic N) is 1. The summed E-state index contributed by atoms with van der Waals surface area (Å²) in [5.41, 5.74) is -0.110. The summed E-state index contributed by atoms with van der Waals surface area (Å²) in [5, 5.41) is 23.2. The zero-order chi connectivity index (χ0) is 17.6. The summed E-state index contributed by atoms with van der Waals surface area (Å²) >= 11 is 0. The summed E-state index contributed by atoms with van der Waals surface area (Å²) in [4.78, 5) is 24.7. The lowest BCUT2D eigenvalue weighted by molar-refractivity contribution is -0.134. The van der Waals surface area contributed by atoms with Gasteiger partial charge in [0.1, 0.15) is 12.2 Å². The topological polar surface area (TPSA) is 117 Å². The highest BCUT2D eigenvalue weighted by Crippen LogP contribution is 2.41. The van der Waals surface area contributed by atoms with Crippen molar-refractivity contribution in [1.82, 2.24) is 5.32 Å². The minimum atomic E-state index is -1.26. The van der Waals surface area contributed by atoms with Gasteiger partial charge in [-0.2, -0.15) is 0 Å². The van der Waals surface area contributed by atoms with Gasteiger partial charge in [-0.15, -0.1) is 6.42 Å². The second-order valence-corrected chi connectivity index (χ2v) is 5.98. The predicted molar refractivity (Wildman–Crippen MR) is 84.2 cm³/mol. The lowest BCUT2D eigenvalue weighted by Gasteiger charge is -2.35. The lowest BCUT2D eigenvalue weighted by Crippen LogP contribution is -2.48. The molecule has 3 N–H and O–H groups in total. The van der Waals surface area contributed by atoms with Crippen LogP contribution in [-0.2, 0) is 19.2 Å². The third kappa shape index (κ3) is 4.99. The molecule has 2 bridgehead atoms. The normalized spacial score (nSPS) is 30.0. The standard InChI is InChI=1S/C12H16N2O2.C4H4O4/c1-2-5-15-11-8-12(16-14-11)6-9-3-4-10(7-12)13-9;5-3(6)1-2-4(7)8/h1,9-10,13H,3-8H2;1-2H,(H,5,6)(H,7,8)/b;2-1+/t9-,10+,12?;. The average molecular weight is 336 g/mol. The van der Waals surface area contributed by atoms with E-state index in [1.165, 1.54) is 12.8 Å². The van der Waals surface area contributed by atoms with E-state index >= 15 is 0 Å². The first-order chi connectivity index (χ1) is 11.4. The summed E-state index contributed by atoms with van der Waals surface area (Å²) in [6, 6.07) is 1.20. The Balaban J connectivity index is 0.000000224. The van der Waals surface area contributed by atoms with Crippen LogP contribution >= 0.6 is 0 Å². The van der Waals surface area contributed by atoms with E-state index in [1.54, 1.807) is 0 Å². The maximum atomic E-state index is 9.55. The maximum absolute atomic E-state index is 9.55. The van der Waals surface area contributed by atoms with E-state index in [4.69, 9.17) is 26.2 Å². The molecule has 3 rings (SSSR count). The largest absolute Gasteiger partial charge is 0.478 e. The van der Waals surface area contributed by atoms with Gasteiger partial charge in [0.15, 0.2) is 0 Å². The van der Waals surface area contributed by atoms with Crippen molar-refractivity contribution in [3.8, 4) is 12.3 Å².